The minimum atomic E-state index is -0.554. The molecule has 82 valence electrons. The normalized spacial score (nSPS) is 10.1. The van der Waals surface area contributed by atoms with E-state index in [4.69, 9.17) is 5.73 Å². The number of nitrogen functional groups attached to an aromatic ring is 1. The van der Waals surface area contributed by atoms with Gasteiger partial charge in [0.15, 0.2) is 0 Å². The first-order valence-electron chi connectivity index (χ1n) is 4.42. The maximum atomic E-state index is 12.9. The van der Waals surface area contributed by atoms with Crippen LogP contribution in [0.1, 0.15) is 10.4 Å². The number of halogens is 1. The number of rotatable bonds is 2. The number of benzene rings is 1. The second kappa shape index (κ2) is 4.01. The molecule has 0 saturated heterocycles. The molecule has 5 nitrogen and oxygen atoms in total. The summed E-state index contributed by atoms with van der Waals surface area (Å²) in [5.74, 6) is -0.962. The second-order valence-corrected chi connectivity index (χ2v) is 3.10. The minimum Gasteiger partial charge on any atom is -0.396 e. The van der Waals surface area contributed by atoms with Crippen LogP contribution in [0.5, 0.6) is 0 Å². The Hall–Kier alpha value is -2.37. The molecular formula is C10H8FN3O2. The smallest absolute Gasteiger partial charge is 0.255 e. The molecule has 1 aromatic carbocycles. The lowest BCUT2D eigenvalue weighted by Crippen LogP contribution is -2.11. The van der Waals surface area contributed by atoms with Crippen LogP contribution in [0.25, 0.3) is 0 Å². The summed E-state index contributed by atoms with van der Waals surface area (Å²) in [5.41, 5.74) is 5.96. The van der Waals surface area contributed by atoms with E-state index in [2.05, 4.69) is 15.0 Å². The van der Waals surface area contributed by atoms with Crippen LogP contribution in [0.3, 0.4) is 0 Å². The second-order valence-electron chi connectivity index (χ2n) is 3.10. The SMILES string of the molecule is Nc1cc(C(=O)Nc2cnoc2)ccc1F. The van der Waals surface area contributed by atoms with Gasteiger partial charge in [0.25, 0.3) is 5.91 Å². The van der Waals surface area contributed by atoms with Crippen molar-refractivity contribution in [3.63, 3.8) is 0 Å². The van der Waals surface area contributed by atoms with Gasteiger partial charge >= 0.3 is 0 Å². The van der Waals surface area contributed by atoms with Crippen molar-refractivity contribution in [2.45, 2.75) is 0 Å². The lowest BCUT2D eigenvalue weighted by Gasteiger charge is -2.03. The van der Waals surface area contributed by atoms with Gasteiger partial charge < -0.3 is 15.6 Å². The van der Waals surface area contributed by atoms with E-state index in [1.165, 1.54) is 24.6 Å². The van der Waals surface area contributed by atoms with Gasteiger partial charge in [-0.2, -0.15) is 0 Å². The molecule has 3 N–H and O–H groups in total. The predicted octanol–water partition coefficient (Wildman–Crippen LogP) is 1.65. The zero-order valence-electron chi connectivity index (χ0n) is 8.11. The van der Waals surface area contributed by atoms with Crippen LogP contribution in [0.2, 0.25) is 0 Å². The average molecular weight is 221 g/mol. The summed E-state index contributed by atoms with van der Waals surface area (Å²) in [6.45, 7) is 0. The molecule has 0 bridgehead atoms. The number of nitrogens with two attached hydrogens (primary N) is 1. The monoisotopic (exact) mass is 221 g/mol. The first-order chi connectivity index (χ1) is 7.66. The number of aromatic nitrogens is 1. The fraction of sp³-hybridized carbons (Fsp3) is 0. The topological polar surface area (TPSA) is 81.2 Å². The quantitative estimate of drug-likeness (QED) is 0.755. The number of amides is 1. The van der Waals surface area contributed by atoms with E-state index in [-0.39, 0.29) is 11.3 Å². The largest absolute Gasteiger partial charge is 0.396 e. The van der Waals surface area contributed by atoms with Gasteiger partial charge in [-0.3, -0.25) is 4.79 Å². The molecule has 0 aliphatic carbocycles. The van der Waals surface area contributed by atoms with Gasteiger partial charge in [-0.05, 0) is 18.2 Å². The molecule has 16 heavy (non-hydrogen) atoms. The van der Waals surface area contributed by atoms with Gasteiger partial charge in [0.1, 0.15) is 17.8 Å². The molecule has 1 heterocycles. The van der Waals surface area contributed by atoms with Crippen LogP contribution in [-0.2, 0) is 0 Å². The van der Waals surface area contributed by atoms with Crippen LogP contribution in [-0.4, -0.2) is 11.1 Å². The molecule has 0 aliphatic rings. The molecule has 0 atom stereocenters. The molecule has 6 heteroatoms. The summed E-state index contributed by atoms with van der Waals surface area (Å²) in [6, 6.07) is 3.74. The Kier molecular flexibility index (Phi) is 2.55. The number of hydrogen-bond acceptors (Lipinski definition) is 4. The molecular weight excluding hydrogens is 213 g/mol. The van der Waals surface area contributed by atoms with E-state index in [9.17, 15) is 9.18 Å². The number of nitrogens with one attached hydrogen (secondary N) is 1. The highest BCUT2D eigenvalue weighted by Crippen LogP contribution is 2.14. The Morgan fingerprint density at radius 3 is 2.94 bits per heavy atom. The van der Waals surface area contributed by atoms with Crippen molar-refractivity contribution >= 4 is 17.3 Å². The van der Waals surface area contributed by atoms with Crippen molar-refractivity contribution in [2.24, 2.45) is 0 Å². The lowest BCUT2D eigenvalue weighted by atomic mass is 10.2. The zero-order valence-corrected chi connectivity index (χ0v) is 8.11. The fourth-order valence-electron chi connectivity index (χ4n) is 1.15. The molecule has 0 saturated carbocycles. The molecule has 0 unspecified atom stereocenters. The van der Waals surface area contributed by atoms with Gasteiger partial charge in [0.05, 0.1) is 11.9 Å². The summed E-state index contributed by atoms with van der Waals surface area (Å²) in [5, 5.41) is 5.94. The predicted molar refractivity (Wildman–Crippen MR) is 55.3 cm³/mol. The summed E-state index contributed by atoms with van der Waals surface area (Å²) < 4.78 is 17.4. The van der Waals surface area contributed by atoms with E-state index in [0.717, 1.165) is 6.07 Å². The third-order valence-electron chi connectivity index (χ3n) is 1.95. The van der Waals surface area contributed by atoms with Crippen molar-refractivity contribution in [3.05, 3.63) is 42.0 Å². The molecule has 0 spiro atoms. The Bertz CT molecular complexity index is 511. The number of carbonyl (C=O) groups is 1. The van der Waals surface area contributed by atoms with E-state index < -0.39 is 11.7 Å². The highest BCUT2D eigenvalue weighted by atomic mass is 19.1. The maximum Gasteiger partial charge on any atom is 0.255 e. The highest BCUT2D eigenvalue weighted by Gasteiger charge is 2.09. The summed E-state index contributed by atoms with van der Waals surface area (Å²) in [4.78, 5) is 11.6. The first kappa shape index (κ1) is 10.2. The van der Waals surface area contributed by atoms with Gasteiger partial charge in [-0.1, -0.05) is 5.16 Å². The molecule has 2 rings (SSSR count). The van der Waals surface area contributed by atoms with Crippen molar-refractivity contribution in [1.82, 2.24) is 5.16 Å². The molecule has 1 amide bonds. The third kappa shape index (κ3) is 2.00. The molecule has 0 radical (unpaired) electrons. The molecule has 0 fully saturated rings. The number of carbonyl (C=O) groups excluding carboxylic acids is 1. The fourth-order valence-corrected chi connectivity index (χ4v) is 1.15. The summed E-state index contributed by atoms with van der Waals surface area (Å²) in [6.07, 6.45) is 2.63. The van der Waals surface area contributed by atoms with Crippen molar-refractivity contribution in [1.29, 1.82) is 0 Å². The van der Waals surface area contributed by atoms with Crippen LogP contribution in [0.15, 0.2) is 35.2 Å². The van der Waals surface area contributed by atoms with Gasteiger partial charge in [-0.15, -0.1) is 0 Å². The van der Waals surface area contributed by atoms with E-state index in [1.807, 2.05) is 0 Å². The first-order valence-corrected chi connectivity index (χ1v) is 4.42. The number of anilines is 2. The Morgan fingerprint density at radius 1 is 1.50 bits per heavy atom. The Balaban J connectivity index is 2.18. The summed E-state index contributed by atoms with van der Waals surface area (Å²) >= 11 is 0. The van der Waals surface area contributed by atoms with Crippen LogP contribution >= 0.6 is 0 Å². The van der Waals surface area contributed by atoms with Crippen LogP contribution < -0.4 is 11.1 Å². The molecule has 2 aromatic rings. The Morgan fingerprint density at radius 2 is 2.31 bits per heavy atom. The van der Waals surface area contributed by atoms with Crippen LogP contribution in [0.4, 0.5) is 15.8 Å². The average Bonchev–Trinajstić information content (AvgIpc) is 2.74. The van der Waals surface area contributed by atoms with Gasteiger partial charge in [-0.25, -0.2) is 4.39 Å². The standard InChI is InChI=1S/C10H8FN3O2/c11-8-2-1-6(3-9(8)12)10(15)14-7-4-13-16-5-7/h1-5H,12H2,(H,14,15). The molecule has 0 aliphatic heterocycles. The number of hydrogen-bond donors (Lipinski definition) is 2. The molecule has 1 aromatic heterocycles. The zero-order chi connectivity index (χ0) is 11.5. The van der Waals surface area contributed by atoms with E-state index in [1.54, 1.807) is 0 Å². The number of nitrogens with zero attached hydrogens (tertiary/aromatic N) is 1. The van der Waals surface area contributed by atoms with Gasteiger partial charge in [0, 0.05) is 5.56 Å². The Labute approximate surface area is 90.0 Å². The van der Waals surface area contributed by atoms with Crippen molar-refractivity contribution in [2.75, 3.05) is 11.1 Å². The minimum absolute atomic E-state index is 0.0713. The van der Waals surface area contributed by atoms with Gasteiger partial charge in [0.2, 0.25) is 0 Å². The summed E-state index contributed by atoms with van der Waals surface area (Å²) in [7, 11) is 0. The van der Waals surface area contributed by atoms with Crippen LogP contribution in [0, 0.1) is 5.82 Å². The lowest BCUT2D eigenvalue weighted by molar-refractivity contribution is 0.102. The van der Waals surface area contributed by atoms with E-state index in [0.29, 0.717) is 5.69 Å². The third-order valence-corrected chi connectivity index (χ3v) is 1.95. The highest BCUT2D eigenvalue weighted by molar-refractivity contribution is 6.04. The maximum absolute atomic E-state index is 12.9. The van der Waals surface area contributed by atoms with E-state index >= 15 is 0 Å². The van der Waals surface area contributed by atoms with Crippen molar-refractivity contribution in [3.8, 4) is 0 Å². The van der Waals surface area contributed by atoms with Crippen molar-refractivity contribution < 1.29 is 13.7 Å².